The van der Waals surface area contributed by atoms with E-state index in [1.165, 1.54) is 11.3 Å². The number of ether oxygens (including phenoxy) is 1. The van der Waals surface area contributed by atoms with E-state index < -0.39 is 0 Å². The minimum absolute atomic E-state index is 0.262. The molecule has 0 unspecified atom stereocenters. The maximum Gasteiger partial charge on any atom is 0.339 e. The molecule has 1 aliphatic rings. The van der Waals surface area contributed by atoms with E-state index in [0.29, 0.717) is 17.9 Å². The van der Waals surface area contributed by atoms with Crippen LogP contribution in [0.15, 0.2) is 5.16 Å². The highest BCUT2D eigenvalue weighted by molar-refractivity contribution is 7.14. The summed E-state index contributed by atoms with van der Waals surface area (Å²) in [6, 6.07) is 0. The van der Waals surface area contributed by atoms with Crippen molar-refractivity contribution in [1.29, 1.82) is 0 Å². The average molecular weight is 253 g/mol. The molecule has 0 saturated heterocycles. The Labute approximate surface area is 104 Å². The molecule has 17 heavy (non-hydrogen) atoms. The molecule has 0 spiro atoms. The molecular weight excluding hydrogens is 238 g/mol. The van der Waals surface area contributed by atoms with Gasteiger partial charge in [0.05, 0.1) is 22.8 Å². The monoisotopic (exact) mass is 253 g/mol. The first-order valence-electron chi connectivity index (χ1n) is 5.69. The van der Waals surface area contributed by atoms with Crippen molar-refractivity contribution in [2.45, 2.75) is 33.1 Å². The van der Waals surface area contributed by atoms with Crippen LogP contribution in [0.4, 0.5) is 0 Å². The largest absolute Gasteiger partial charge is 0.462 e. The van der Waals surface area contributed by atoms with Gasteiger partial charge in [-0.3, -0.25) is 0 Å². The lowest BCUT2D eigenvalue weighted by molar-refractivity contribution is 0.0525. The quantitative estimate of drug-likeness (QED) is 0.501. The summed E-state index contributed by atoms with van der Waals surface area (Å²) in [6.07, 6.45) is 2.54. The van der Waals surface area contributed by atoms with Crippen molar-refractivity contribution in [3.8, 4) is 0 Å². The maximum absolute atomic E-state index is 11.9. The Morgan fingerprint density at radius 2 is 2.29 bits per heavy atom. The predicted octanol–water partition coefficient (Wildman–Crippen LogP) is 2.75. The number of fused-ring (bicyclic) bond motifs is 1. The zero-order valence-electron chi connectivity index (χ0n) is 9.95. The predicted molar refractivity (Wildman–Crippen MR) is 66.3 cm³/mol. The number of oxime groups is 1. The Balaban J connectivity index is 2.48. The number of carbonyl (C=O) groups is 1. The molecule has 1 aromatic rings. The lowest BCUT2D eigenvalue weighted by atomic mass is 9.93. The van der Waals surface area contributed by atoms with Gasteiger partial charge in [0.2, 0.25) is 0 Å². The van der Waals surface area contributed by atoms with Gasteiger partial charge in [0.25, 0.3) is 0 Å². The normalized spacial score (nSPS) is 16.9. The van der Waals surface area contributed by atoms with E-state index in [1.807, 2.05) is 6.92 Å². The fraction of sp³-hybridized carbons (Fsp3) is 0.500. The zero-order chi connectivity index (χ0) is 12.4. The van der Waals surface area contributed by atoms with Crippen LogP contribution < -0.4 is 0 Å². The number of hydrogen-bond donors (Lipinski definition) is 1. The van der Waals surface area contributed by atoms with Crippen LogP contribution >= 0.6 is 11.3 Å². The van der Waals surface area contributed by atoms with Crippen molar-refractivity contribution < 1.29 is 14.7 Å². The van der Waals surface area contributed by atoms with Gasteiger partial charge in [-0.15, -0.1) is 11.3 Å². The van der Waals surface area contributed by atoms with Crippen molar-refractivity contribution in [2.75, 3.05) is 6.61 Å². The number of esters is 1. The minimum Gasteiger partial charge on any atom is -0.462 e. The first kappa shape index (κ1) is 12.1. The summed E-state index contributed by atoms with van der Waals surface area (Å²) in [4.78, 5) is 13.8. The van der Waals surface area contributed by atoms with Gasteiger partial charge in [-0.25, -0.2) is 4.79 Å². The maximum atomic E-state index is 11.9. The zero-order valence-corrected chi connectivity index (χ0v) is 10.8. The Morgan fingerprint density at radius 1 is 1.53 bits per heavy atom. The summed E-state index contributed by atoms with van der Waals surface area (Å²) in [5.41, 5.74) is 2.35. The second kappa shape index (κ2) is 4.87. The third-order valence-corrected chi connectivity index (χ3v) is 4.08. The van der Waals surface area contributed by atoms with E-state index in [4.69, 9.17) is 9.94 Å². The molecule has 1 heterocycles. The number of hydrogen-bond acceptors (Lipinski definition) is 5. The van der Waals surface area contributed by atoms with Gasteiger partial charge in [0, 0.05) is 4.88 Å². The van der Waals surface area contributed by atoms with Crippen molar-refractivity contribution >= 4 is 23.0 Å². The van der Waals surface area contributed by atoms with Crippen molar-refractivity contribution in [1.82, 2.24) is 0 Å². The van der Waals surface area contributed by atoms with Crippen LogP contribution in [0.2, 0.25) is 0 Å². The highest BCUT2D eigenvalue weighted by atomic mass is 32.1. The van der Waals surface area contributed by atoms with Gasteiger partial charge in [0.1, 0.15) is 0 Å². The van der Waals surface area contributed by atoms with E-state index >= 15 is 0 Å². The van der Waals surface area contributed by atoms with Crippen LogP contribution in [0, 0.1) is 6.92 Å². The topological polar surface area (TPSA) is 58.9 Å². The minimum atomic E-state index is -0.262. The fourth-order valence-electron chi connectivity index (χ4n) is 2.18. The molecule has 5 heteroatoms. The van der Waals surface area contributed by atoms with Crippen LogP contribution in [0.3, 0.4) is 0 Å². The fourth-order valence-corrected chi connectivity index (χ4v) is 3.38. The number of carbonyl (C=O) groups excluding carboxylic acids is 1. The Bertz CT molecular complexity index is 476. The molecule has 0 amide bonds. The number of rotatable bonds is 2. The van der Waals surface area contributed by atoms with Crippen LogP contribution in [-0.4, -0.2) is 23.5 Å². The molecule has 0 radical (unpaired) electrons. The molecular formula is C12H15NO3S. The lowest BCUT2D eigenvalue weighted by Crippen LogP contribution is -2.13. The molecule has 0 saturated carbocycles. The third-order valence-electron chi connectivity index (χ3n) is 2.89. The molecule has 0 aromatic carbocycles. The molecule has 1 aliphatic carbocycles. The van der Waals surface area contributed by atoms with Crippen LogP contribution in [0.5, 0.6) is 0 Å². The summed E-state index contributed by atoms with van der Waals surface area (Å²) < 4.78 is 5.07. The van der Waals surface area contributed by atoms with E-state index in [1.54, 1.807) is 6.92 Å². The van der Waals surface area contributed by atoms with E-state index in [9.17, 15) is 4.79 Å². The van der Waals surface area contributed by atoms with Gasteiger partial charge < -0.3 is 9.94 Å². The molecule has 0 atom stereocenters. The highest BCUT2D eigenvalue weighted by Gasteiger charge is 2.27. The first-order chi connectivity index (χ1) is 8.19. The molecule has 0 bridgehead atoms. The number of thiophene rings is 1. The van der Waals surface area contributed by atoms with E-state index in [2.05, 4.69) is 5.16 Å². The second-order valence-electron chi connectivity index (χ2n) is 3.96. The van der Waals surface area contributed by atoms with Gasteiger partial charge in [-0.2, -0.15) is 0 Å². The Kier molecular flexibility index (Phi) is 3.47. The first-order valence-corrected chi connectivity index (χ1v) is 6.51. The average Bonchev–Trinajstić information content (AvgIpc) is 2.65. The molecule has 1 N–H and O–H groups in total. The van der Waals surface area contributed by atoms with Gasteiger partial charge in [-0.05, 0) is 38.7 Å². The van der Waals surface area contributed by atoms with E-state index in [0.717, 1.165) is 34.6 Å². The summed E-state index contributed by atoms with van der Waals surface area (Å²) in [7, 11) is 0. The lowest BCUT2D eigenvalue weighted by Gasteiger charge is -2.13. The number of aryl methyl sites for hydroxylation is 1. The summed E-state index contributed by atoms with van der Waals surface area (Å²) in [5.74, 6) is -0.262. The molecule has 0 fully saturated rings. The van der Waals surface area contributed by atoms with Crippen LogP contribution in [-0.2, 0) is 11.2 Å². The van der Waals surface area contributed by atoms with E-state index in [-0.39, 0.29) is 5.97 Å². The van der Waals surface area contributed by atoms with Crippen molar-refractivity contribution in [3.63, 3.8) is 0 Å². The van der Waals surface area contributed by atoms with Gasteiger partial charge >= 0.3 is 5.97 Å². The van der Waals surface area contributed by atoms with Crippen molar-refractivity contribution in [3.05, 3.63) is 20.9 Å². The Morgan fingerprint density at radius 3 is 2.94 bits per heavy atom. The molecule has 0 aliphatic heterocycles. The van der Waals surface area contributed by atoms with Crippen molar-refractivity contribution in [2.24, 2.45) is 5.16 Å². The SMILES string of the molecule is CCOC(=O)c1c(C)sc2c1CCC/C2=N/O. The standard InChI is InChI=1S/C12H15NO3S/c1-3-16-12(14)10-7(2)17-11-8(10)5-4-6-9(11)13-15/h15H,3-6H2,1-2H3/b13-9-. The third kappa shape index (κ3) is 2.07. The highest BCUT2D eigenvalue weighted by Crippen LogP contribution is 2.34. The Hall–Kier alpha value is -1.36. The molecule has 4 nitrogen and oxygen atoms in total. The van der Waals surface area contributed by atoms with Crippen LogP contribution in [0.25, 0.3) is 0 Å². The van der Waals surface area contributed by atoms with Gasteiger partial charge in [-0.1, -0.05) is 5.16 Å². The summed E-state index contributed by atoms with van der Waals surface area (Å²) >= 11 is 1.51. The molecule has 1 aromatic heterocycles. The molecule has 2 rings (SSSR count). The number of nitrogens with zero attached hydrogens (tertiary/aromatic N) is 1. The summed E-state index contributed by atoms with van der Waals surface area (Å²) in [6.45, 7) is 4.08. The molecule has 92 valence electrons. The second-order valence-corrected chi connectivity index (χ2v) is 5.19. The van der Waals surface area contributed by atoms with Gasteiger partial charge in [0.15, 0.2) is 0 Å². The smallest absolute Gasteiger partial charge is 0.339 e. The summed E-state index contributed by atoms with van der Waals surface area (Å²) in [5, 5.41) is 12.3. The van der Waals surface area contributed by atoms with Crippen LogP contribution in [0.1, 0.15) is 45.4 Å².